The van der Waals surface area contributed by atoms with Gasteiger partial charge in [-0.05, 0) is 45.1 Å². The summed E-state index contributed by atoms with van der Waals surface area (Å²) in [6.45, 7) is 9.20. The lowest BCUT2D eigenvalue weighted by molar-refractivity contribution is -0.378. The lowest BCUT2D eigenvalue weighted by Crippen LogP contribution is -2.40. The molecular weight excluding hydrogens is 298 g/mol. The summed E-state index contributed by atoms with van der Waals surface area (Å²) in [5.74, 6) is 1.06. The quantitative estimate of drug-likeness (QED) is 0.849. The van der Waals surface area contributed by atoms with Crippen molar-refractivity contribution in [2.45, 2.75) is 77.9 Å². The molecule has 4 heteroatoms. The van der Waals surface area contributed by atoms with E-state index in [4.69, 9.17) is 4.74 Å². The Hall–Kier alpha value is -1.60. The van der Waals surface area contributed by atoms with E-state index < -0.39 is 0 Å². The first-order chi connectivity index (χ1) is 11.6. The zero-order valence-corrected chi connectivity index (χ0v) is 15.4. The van der Waals surface area contributed by atoms with Crippen molar-refractivity contribution in [3.8, 4) is 6.07 Å². The van der Waals surface area contributed by atoms with Gasteiger partial charge in [-0.25, -0.2) is 4.98 Å². The number of aromatic amines is 1. The van der Waals surface area contributed by atoms with Crippen LogP contribution in [0.15, 0.2) is 0 Å². The topological polar surface area (TPSA) is 50.4 Å². The molecule has 0 bridgehead atoms. The average Bonchev–Trinajstić information content (AvgIpc) is 2.58. The summed E-state index contributed by atoms with van der Waals surface area (Å²) in [7, 11) is 0. The van der Waals surface area contributed by atoms with Gasteiger partial charge >= 0.3 is 0 Å². The molecule has 4 nitrogen and oxygen atoms in total. The molecule has 3 rings (SSSR count). The SMILES string of the molecule is CCCCc1[nH+]c(N2CCCCC2)c(C#N)c2c1COC(C)(C)C2. The number of nitrogens with one attached hydrogen (secondary N) is 1. The minimum Gasteiger partial charge on any atom is -0.370 e. The number of nitriles is 1. The van der Waals surface area contributed by atoms with Crippen molar-refractivity contribution >= 4 is 5.82 Å². The molecule has 1 N–H and O–H groups in total. The minimum absolute atomic E-state index is 0.193. The Morgan fingerprint density at radius 3 is 2.62 bits per heavy atom. The summed E-state index contributed by atoms with van der Waals surface area (Å²) >= 11 is 0. The van der Waals surface area contributed by atoms with Crippen LogP contribution < -0.4 is 9.88 Å². The van der Waals surface area contributed by atoms with Crippen LogP contribution in [0.4, 0.5) is 5.82 Å². The molecule has 24 heavy (non-hydrogen) atoms. The maximum atomic E-state index is 9.90. The Labute approximate surface area is 145 Å². The number of aromatic nitrogens is 1. The van der Waals surface area contributed by atoms with Crippen molar-refractivity contribution in [2.75, 3.05) is 18.0 Å². The molecule has 1 fully saturated rings. The highest BCUT2D eigenvalue weighted by molar-refractivity contribution is 5.58. The summed E-state index contributed by atoms with van der Waals surface area (Å²) in [5, 5.41) is 9.90. The average molecular weight is 328 g/mol. The smallest absolute Gasteiger partial charge is 0.293 e. The second kappa shape index (κ2) is 7.11. The lowest BCUT2D eigenvalue weighted by Gasteiger charge is -2.33. The van der Waals surface area contributed by atoms with Gasteiger partial charge in [0.25, 0.3) is 5.82 Å². The molecule has 0 aromatic carbocycles. The number of hydrogen-bond donors (Lipinski definition) is 0. The molecule has 1 aromatic rings. The van der Waals surface area contributed by atoms with Crippen LogP contribution in [0.5, 0.6) is 0 Å². The number of hydrogen-bond acceptors (Lipinski definition) is 3. The van der Waals surface area contributed by atoms with Crippen LogP contribution in [0.2, 0.25) is 0 Å². The highest BCUT2D eigenvalue weighted by Crippen LogP contribution is 2.34. The Kier molecular flexibility index (Phi) is 5.10. The van der Waals surface area contributed by atoms with Gasteiger partial charge in [-0.3, -0.25) is 4.90 Å². The highest BCUT2D eigenvalue weighted by Gasteiger charge is 2.35. The monoisotopic (exact) mass is 328 g/mol. The van der Waals surface area contributed by atoms with Gasteiger partial charge in [0.2, 0.25) is 0 Å². The number of rotatable bonds is 4. The first kappa shape index (κ1) is 17.2. The fraction of sp³-hybridized carbons (Fsp3) is 0.700. The van der Waals surface area contributed by atoms with E-state index in [1.54, 1.807) is 0 Å². The Morgan fingerprint density at radius 2 is 1.96 bits per heavy atom. The van der Waals surface area contributed by atoms with Crippen molar-refractivity contribution in [2.24, 2.45) is 0 Å². The number of H-pyrrole nitrogens is 1. The van der Waals surface area contributed by atoms with Crippen LogP contribution in [-0.2, 0) is 24.2 Å². The first-order valence-electron chi connectivity index (χ1n) is 9.44. The molecule has 0 spiro atoms. The fourth-order valence-electron chi connectivity index (χ4n) is 3.91. The Bertz CT molecular complexity index is 639. The van der Waals surface area contributed by atoms with Crippen molar-refractivity contribution in [1.29, 1.82) is 5.26 Å². The second-order valence-corrected chi connectivity index (χ2v) is 7.77. The van der Waals surface area contributed by atoms with E-state index >= 15 is 0 Å². The van der Waals surface area contributed by atoms with E-state index in [2.05, 4.69) is 36.7 Å². The van der Waals surface area contributed by atoms with E-state index in [0.717, 1.165) is 43.7 Å². The number of unbranched alkanes of at least 4 members (excludes halogenated alkanes) is 1. The van der Waals surface area contributed by atoms with E-state index in [1.807, 2.05) is 0 Å². The predicted molar refractivity (Wildman–Crippen MR) is 95.0 cm³/mol. The Morgan fingerprint density at radius 1 is 1.21 bits per heavy atom. The van der Waals surface area contributed by atoms with Gasteiger partial charge in [0.1, 0.15) is 17.3 Å². The van der Waals surface area contributed by atoms with Gasteiger partial charge in [-0.2, -0.15) is 5.26 Å². The fourth-order valence-corrected chi connectivity index (χ4v) is 3.91. The summed E-state index contributed by atoms with van der Waals surface area (Å²) in [6.07, 6.45) is 7.93. The molecule has 0 saturated carbocycles. The van der Waals surface area contributed by atoms with Gasteiger partial charge in [0, 0.05) is 18.4 Å². The number of aryl methyl sites for hydroxylation is 1. The van der Waals surface area contributed by atoms with E-state index in [9.17, 15) is 5.26 Å². The molecule has 2 aliphatic rings. The number of nitrogens with zero attached hydrogens (tertiary/aromatic N) is 2. The third-order valence-electron chi connectivity index (χ3n) is 5.31. The zero-order valence-electron chi connectivity index (χ0n) is 15.4. The van der Waals surface area contributed by atoms with Gasteiger partial charge in [-0.15, -0.1) is 0 Å². The van der Waals surface area contributed by atoms with Crippen LogP contribution in [0.3, 0.4) is 0 Å². The summed E-state index contributed by atoms with van der Waals surface area (Å²) in [5.41, 5.74) is 4.39. The first-order valence-corrected chi connectivity index (χ1v) is 9.44. The van der Waals surface area contributed by atoms with Crippen LogP contribution in [-0.4, -0.2) is 18.7 Å². The molecule has 3 heterocycles. The molecule has 1 saturated heterocycles. The molecular formula is C20H30N3O+. The summed E-state index contributed by atoms with van der Waals surface area (Å²) in [6, 6.07) is 2.51. The molecule has 1 aromatic heterocycles. The maximum absolute atomic E-state index is 9.90. The Balaban J connectivity index is 2.09. The standard InChI is InChI=1S/C20H29N3O/c1-4-5-9-18-17-14-24-20(2,3)12-15(17)16(13-21)19(22-18)23-10-7-6-8-11-23/h4-12,14H2,1-3H3/p+1. The van der Waals surface area contributed by atoms with Crippen LogP contribution in [0.1, 0.15) is 75.3 Å². The summed E-state index contributed by atoms with van der Waals surface area (Å²) < 4.78 is 6.05. The van der Waals surface area contributed by atoms with Crippen molar-refractivity contribution < 1.29 is 9.72 Å². The number of fused-ring (bicyclic) bond motifs is 1. The molecule has 0 aliphatic carbocycles. The second-order valence-electron chi connectivity index (χ2n) is 7.77. The van der Waals surface area contributed by atoms with Gasteiger partial charge in [0.05, 0.1) is 25.3 Å². The predicted octanol–water partition coefficient (Wildman–Crippen LogP) is 3.56. The van der Waals surface area contributed by atoms with Crippen molar-refractivity contribution in [3.05, 3.63) is 22.4 Å². The zero-order chi connectivity index (χ0) is 17.2. The largest absolute Gasteiger partial charge is 0.370 e. The van der Waals surface area contributed by atoms with E-state index in [1.165, 1.54) is 42.5 Å². The maximum Gasteiger partial charge on any atom is 0.293 e. The summed E-state index contributed by atoms with van der Waals surface area (Å²) in [4.78, 5) is 6.04. The van der Waals surface area contributed by atoms with Crippen LogP contribution in [0.25, 0.3) is 0 Å². The third kappa shape index (κ3) is 3.42. The van der Waals surface area contributed by atoms with Crippen LogP contribution in [0, 0.1) is 11.3 Å². The van der Waals surface area contributed by atoms with E-state index in [0.29, 0.717) is 6.61 Å². The number of piperidine rings is 1. The number of anilines is 1. The molecule has 0 atom stereocenters. The van der Waals surface area contributed by atoms with Gasteiger partial charge in [0.15, 0.2) is 0 Å². The molecule has 2 aliphatic heterocycles. The molecule has 0 radical (unpaired) electrons. The molecule has 0 unspecified atom stereocenters. The third-order valence-corrected chi connectivity index (χ3v) is 5.31. The van der Waals surface area contributed by atoms with Crippen molar-refractivity contribution in [3.63, 3.8) is 0 Å². The molecule has 0 amide bonds. The molecule has 130 valence electrons. The number of ether oxygens (including phenoxy) is 1. The lowest BCUT2D eigenvalue weighted by atomic mass is 9.87. The normalized spacial score (nSPS) is 19.7. The van der Waals surface area contributed by atoms with E-state index in [-0.39, 0.29) is 5.60 Å². The highest BCUT2D eigenvalue weighted by atomic mass is 16.5. The van der Waals surface area contributed by atoms with Gasteiger partial charge in [-0.1, -0.05) is 13.3 Å². The number of pyridine rings is 1. The van der Waals surface area contributed by atoms with Crippen LogP contribution >= 0.6 is 0 Å². The van der Waals surface area contributed by atoms with Crippen molar-refractivity contribution in [1.82, 2.24) is 0 Å². The minimum atomic E-state index is -0.193. The van der Waals surface area contributed by atoms with Gasteiger partial charge < -0.3 is 4.74 Å².